The highest BCUT2D eigenvalue weighted by Gasteiger charge is 2.43. The quantitative estimate of drug-likeness (QED) is 0.603. The van der Waals surface area contributed by atoms with Gasteiger partial charge in [-0.15, -0.1) is 11.8 Å². The predicted octanol–water partition coefficient (Wildman–Crippen LogP) is 1.70. The molecule has 2 fully saturated rings. The highest BCUT2D eigenvalue weighted by atomic mass is 32.2. The van der Waals surface area contributed by atoms with Gasteiger partial charge in [0, 0.05) is 26.0 Å². The van der Waals surface area contributed by atoms with Crippen LogP contribution in [0.5, 0.6) is 5.75 Å². The molecule has 3 rings (SSSR count). The van der Waals surface area contributed by atoms with Gasteiger partial charge in [0.1, 0.15) is 18.4 Å². The normalized spacial score (nSPS) is 20.6. The molecule has 7 nitrogen and oxygen atoms in total. The molecular weight excluding hydrogens is 388 g/mol. The average molecular weight is 415 g/mol. The third-order valence-electron chi connectivity index (χ3n) is 4.87. The highest BCUT2D eigenvalue weighted by molar-refractivity contribution is 8.00. The number of methoxy groups -OCH3 is 1. The third-order valence-corrected chi connectivity index (χ3v) is 7.89. The number of thioether (sulfide) groups is 1. The van der Waals surface area contributed by atoms with Gasteiger partial charge in [0.05, 0.1) is 17.4 Å². The SMILES string of the molecule is COCCOc1ccc(S(=O)(=O)N2CSCC2C(=O)N(C)C2CC2)cc1C. The Bertz CT molecular complexity index is 795. The standard InChI is InChI=1S/C18H26N2O5S2/c1-13-10-15(6-7-17(13)25-9-8-24-3)27(22,23)20-12-26-11-16(20)18(21)19(2)14-4-5-14/h6-7,10,14,16H,4-5,8-9,11-12H2,1-3H3. The average Bonchev–Trinajstić information content (AvgIpc) is 3.37. The van der Waals surface area contributed by atoms with Crippen LogP contribution in [0.4, 0.5) is 0 Å². The van der Waals surface area contributed by atoms with Gasteiger partial charge >= 0.3 is 0 Å². The third kappa shape index (κ3) is 4.42. The Morgan fingerprint density at radius 2 is 2.07 bits per heavy atom. The maximum Gasteiger partial charge on any atom is 0.244 e. The Balaban J connectivity index is 1.78. The number of carbonyl (C=O) groups excluding carboxylic acids is 1. The Morgan fingerprint density at radius 3 is 2.70 bits per heavy atom. The number of ether oxygens (including phenoxy) is 2. The van der Waals surface area contributed by atoms with Crippen LogP contribution in [-0.4, -0.2) is 74.6 Å². The van der Waals surface area contributed by atoms with E-state index in [1.54, 1.807) is 37.3 Å². The summed E-state index contributed by atoms with van der Waals surface area (Å²) in [6.07, 6.45) is 2.00. The molecule has 0 N–H and O–H groups in total. The minimum atomic E-state index is -3.75. The first-order valence-electron chi connectivity index (χ1n) is 8.95. The topological polar surface area (TPSA) is 76.1 Å². The van der Waals surface area contributed by atoms with Gasteiger partial charge in [-0.3, -0.25) is 4.79 Å². The summed E-state index contributed by atoms with van der Waals surface area (Å²) >= 11 is 1.47. The molecule has 1 aliphatic heterocycles. The smallest absolute Gasteiger partial charge is 0.244 e. The zero-order valence-electron chi connectivity index (χ0n) is 15.9. The van der Waals surface area contributed by atoms with Crippen LogP contribution in [0.15, 0.2) is 23.1 Å². The van der Waals surface area contributed by atoms with E-state index >= 15 is 0 Å². The van der Waals surface area contributed by atoms with Gasteiger partial charge in [-0.1, -0.05) is 0 Å². The maximum absolute atomic E-state index is 13.2. The molecule has 1 amide bonds. The first-order chi connectivity index (χ1) is 12.9. The van der Waals surface area contributed by atoms with E-state index in [0.717, 1.165) is 18.4 Å². The van der Waals surface area contributed by atoms with Crippen LogP contribution in [0.2, 0.25) is 0 Å². The lowest BCUT2D eigenvalue weighted by atomic mass is 10.2. The van der Waals surface area contributed by atoms with Crippen molar-refractivity contribution in [3.63, 3.8) is 0 Å². The van der Waals surface area contributed by atoms with Gasteiger partial charge in [-0.25, -0.2) is 8.42 Å². The molecule has 1 unspecified atom stereocenters. The van der Waals surface area contributed by atoms with E-state index in [1.165, 1.54) is 16.1 Å². The summed E-state index contributed by atoms with van der Waals surface area (Å²) in [6, 6.07) is 4.43. The number of nitrogens with zero attached hydrogens (tertiary/aromatic N) is 2. The predicted molar refractivity (Wildman–Crippen MR) is 104 cm³/mol. The highest BCUT2D eigenvalue weighted by Crippen LogP contribution is 2.33. The number of sulfonamides is 1. The Labute approximate surface area is 165 Å². The van der Waals surface area contributed by atoms with Gasteiger partial charge in [-0.05, 0) is 43.5 Å². The molecule has 2 aliphatic rings. The largest absolute Gasteiger partial charge is 0.491 e. The summed E-state index contributed by atoms with van der Waals surface area (Å²) in [5.41, 5.74) is 0.733. The van der Waals surface area contributed by atoms with Crippen molar-refractivity contribution in [3.8, 4) is 5.75 Å². The minimum Gasteiger partial charge on any atom is -0.491 e. The number of amides is 1. The number of hydrogen-bond acceptors (Lipinski definition) is 6. The van der Waals surface area contributed by atoms with Gasteiger partial charge in [0.15, 0.2) is 0 Å². The van der Waals surface area contributed by atoms with Crippen LogP contribution in [-0.2, 0) is 19.6 Å². The second-order valence-corrected chi connectivity index (χ2v) is 9.75. The van der Waals surface area contributed by atoms with E-state index < -0.39 is 16.1 Å². The van der Waals surface area contributed by atoms with Crippen molar-refractivity contribution in [3.05, 3.63) is 23.8 Å². The van der Waals surface area contributed by atoms with E-state index in [1.807, 2.05) is 6.92 Å². The van der Waals surface area contributed by atoms with E-state index in [2.05, 4.69) is 0 Å². The first-order valence-corrected chi connectivity index (χ1v) is 11.5. The zero-order chi connectivity index (χ0) is 19.6. The molecule has 1 atom stereocenters. The van der Waals surface area contributed by atoms with Crippen LogP contribution in [0, 0.1) is 6.92 Å². The molecule has 1 saturated heterocycles. The van der Waals surface area contributed by atoms with Gasteiger partial charge in [0.25, 0.3) is 0 Å². The molecule has 0 spiro atoms. The summed E-state index contributed by atoms with van der Waals surface area (Å²) in [7, 11) is -0.388. The van der Waals surface area contributed by atoms with E-state index in [9.17, 15) is 13.2 Å². The molecule has 0 radical (unpaired) electrons. The van der Waals surface area contributed by atoms with Crippen LogP contribution < -0.4 is 4.74 Å². The Kier molecular flexibility index (Phi) is 6.35. The first kappa shape index (κ1) is 20.4. The van der Waals surface area contributed by atoms with Crippen molar-refractivity contribution in [1.29, 1.82) is 0 Å². The molecule has 1 aromatic rings. The number of rotatable bonds is 8. The lowest BCUT2D eigenvalue weighted by Gasteiger charge is -2.27. The number of aryl methyl sites for hydroxylation is 1. The molecule has 27 heavy (non-hydrogen) atoms. The maximum atomic E-state index is 13.2. The van der Waals surface area contributed by atoms with E-state index in [-0.39, 0.29) is 16.8 Å². The van der Waals surface area contributed by atoms with Crippen molar-refractivity contribution in [2.24, 2.45) is 0 Å². The fraction of sp³-hybridized carbons (Fsp3) is 0.611. The summed E-state index contributed by atoms with van der Waals surface area (Å²) in [5.74, 6) is 1.31. The molecule has 1 aliphatic carbocycles. The molecule has 0 bridgehead atoms. The molecule has 1 aromatic carbocycles. The van der Waals surface area contributed by atoms with Gasteiger partial charge < -0.3 is 14.4 Å². The van der Waals surface area contributed by atoms with Crippen LogP contribution >= 0.6 is 11.8 Å². The van der Waals surface area contributed by atoms with Gasteiger partial charge in [-0.2, -0.15) is 4.31 Å². The molecule has 150 valence electrons. The summed E-state index contributed by atoms with van der Waals surface area (Å²) in [6.45, 7) is 2.67. The molecule has 9 heteroatoms. The van der Waals surface area contributed by atoms with Crippen LogP contribution in [0.3, 0.4) is 0 Å². The van der Waals surface area contributed by atoms with Crippen LogP contribution in [0.1, 0.15) is 18.4 Å². The monoisotopic (exact) mass is 414 g/mol. The lowest BCUT2D eigenvalue weighted by Crippen LogP contribution is -2.48. The van der Waals surface area contributed by atoms with Crippen molar-refractivity contribution in [2.45, 2.75) is 36.7 Å². The van der Waals surface area contributed by atoms with Crippen molar-refractivity contribution in [2.75, 3.05) is 39.0 Å². The van der Waals surface area contributed by atoms with Gasteiger partial charge in [0.2, 0.25) is 15.9 Å². The molecule has 1 heterocycles. The number of likely N-dealkylation sites (N-methyl/N-ethyl adjacent to an activating group) is 1. The summed E-state index contributed by atoms with van der Waals surface area (Å²) in [4.78, 5) is 14.7. The van der Waals surface area contributed by atoms with Crippen LogP contribution in [0.25, 0.3) is 0 Å². The van der Waals surface area contributed by atoms with E-state index in [0.29, 0.717) is 30.6 Å². The Hall–Kier alpha value is -1.29. The number of hydrogen-bond donors (Lipinski definition) is 0. The molecule has 1 saturated carbocycles. The second kappa shape index (κ2) is 8.38. The zero-order valence-corrected chi connectivity index (χ0v) is 17.5. The number of benzene rings is 1. The van der Waals surface area contributed by atoms with Crippen molar-refractivity contribution in [1.82, 2.24) is 9.21 Å². The molecular formula is C18H26N2O5S2. The number of carbonyl (C=O) groups is 1. The second-order valence-electron chi connectivity index (χ2n) is 6.86. The fourth-order valence-electron chi connectivity index (χ4n) is 3.05. The van der Waals surface area contributed by atoms with Crippen molar-refractivity contribution < 1.29 is 22.7 Å². The summed E-state index contributed by atoms with van der Waals surface area (Å²) < 4.78 is 38.2. The minimum absolute atomic E-state index is 0.109. The van der Waals surface area contributed by atoms with Crippen molar-refractivity contribution >= 4 is 27.7 Å². The lowest BCUT2D eigenvalue weighted by molar-refractivity contribution is -0.133. The molecule has 0 aromatic heterocycles. The fourth-order valence-corrected chi connectivity index (χ4v) is 6.27. The van der Waals surface area contributed by atoms with E-state index in [4.69, 9.17) is 9.47 Å². The Morgan fingerprint density at radius 1 is 1.33 bits per heavy atom. The summed E-state index contributed by atoms with van der Waals surface area (Å²) in [5, 5.41) is 0.